The van der Waals surface area contributed by atoms with Crippen molar-refractivity contribution in [1.29, 1.82) is 0 Å². The molecule has 0 aromatic carbocycles. The Morgan fingerprint density at radius 1 is 1.10 bits per heavy atom. The molecule has 1 aromatic heterocycles. The second-order valence-electron chi connectivity index (χ2n) is 6.74. The molecule has 1 aromatic rings. The van der Waals surface area contributed by atoms with Crippen molar-refractivity contribution in [3.8, 4) is 0 Å². The predicted octanol–water partition coefficient (Wildman–Crippen LogP) is 5.13. The molecule has 3 heteroatoms. The van der Waals surface area contributed by atoms with E-state index in [1.165, 1.54) is 63.5 Å². The van der Waals surface area contributed by atoms with Crippen molar-refractivity contribution >= 4 is 15.9 Å². The van der Waals surface area contributed by atoms with E-state index >= 15 is 0 Å². The third kappa shape index (κ3) is 3.47. The Labute approximate surface area is 131 Å². The Balaban J connectivity index is 1.60. The van der Waals surface area contributed by atoms with Gasteiger partial charge in [-0.15, -0.1) is 0 Å². The molecule has 0 spiro atoms. The van der Waals surface area contributed by atoms with Crippen LogP contribution in [0.3, 0.4) is 0 Å². The molecular weight excluding hydrogens is 312 g/mol. The van der Waals surface area contributed by atoms with Crippen LogP contribution in [0.5, 0.6) is 0 Å². The maximum atomic E-state index is 4.89. The van der Waals surface area contributed by atoms with Crippen molar-refractivity contribution in [2.45, 2.75) is 70.3 Å². The standard InChI is InChI=1S/C17H27BrN2/c18-13-15(14-6-4-5-7-14)12-16-10-11-20(19-16)17-8-2-1-3-9-17/h10-11,14-15,17H,1-9,12-13H2. The number of alkyl halides is 1. The quantitative estimate of drug-likeness (QED) is 0.680. The van der Waals surface area contributed by atoms with Gasteiger partial charge in [0.2, 0.25) is 0 Å². The minimum absolute atomic E-state index is 0.673. The van der Waals surface area contributed by atoms with Crippen LogP contribution in [0.15, 0.2) is 12.3 Å². The SMILES string of the molecule is BrCC(Cc1ccn(C2CCCCC2)n1)C1CCCC1. The number of rotatable bonds is 5. The van der Waals surface area contributed by atoms with Crippen LogP contribution >= 0.6 is 15.9 Å². The second-order valence-corrected chi connectivity index (χ2v) is 7.39. The van der Waals surface area contributed by atoms with Gasteiger partial charge in [0.25, 0.3) is 0 Å². The van der Waals surface area contributed by atoms with Gasteiger partial charge in [-0.3, -0.25) is 4.68 Å². The van der Waals surface area contributed by atoms with Crippen LogP contribution in [0.2, 0.25) is 0 Å². The molecule has 2 aliphatic carbocycles. The highest BCUT2D eigenvalue weighted by Crippen LogP contribution is 2.34. The highest BCUT2D eigenvalue weighted by molar-refractivity contribution is 9.09. The highest BCUT2D eigenvalue weighted by atomic mass is 79.9. The minimum Gasteiger partial charge on any atom is -0.269 e. The predicted molar refractivity (Wildman–Crippen MR) is 87.3 cm³/mol. The molecule has 0 aliphatic heterocycles. The fourth-order valence-electron chi connectivity index (χ4n) is 4.08. The maximum Gasteiger partial charge on any atom is 0.0627 e. The van der Waals surface area contributed by atoms with Crippen LogP contribution in [0.1, 0.15) is 69.5 Å². The van der Waals surface area contributed by atoms with E-state index in [-0.39, 0.29) is 0 Å². The van der Waals surface area contributed by atoms with Crippen molar-refractivity contribution in [3.05, 3.63) is 18.0 Å². The molecule has 0 amide bonds. The summed E-state index contributed by atoms with van der Waals surface area (Å²) in [6, 6.07) is 2.94. The average Bonchev–Trinajstić information content (AvgIpc) is 3.17. The van der Waals surface area contributed by atoms with Crippen molar-refractivity contribution in [2.24, 2.45) is 11.8 Å². The summed E-state index contributed by atoms with van der Waals surface area (Å²) in [5.74, 6) is 1.71. The fourth-order valence-corrected chi connectivity index (χ4v) is 4.84. The van der Waals surface area contributed by atoms with Gasteiger partial charge < -0.3 is 0 Å². The number of halogens is 1. The lowest BCUT2D eigenvalue weighted by molar-refractivity contribution is 0.324. The molecule has 0 radical (unpaired) electrons. The molecule has 2 aliphatic rings. The summed E-state index contributed by atoms with van der Waals surface area (Å²) >= 11 is 3.73. The Bertz CT molecular complexity index is 403. The largest absolute Gasteiger partial charge is 0.269 e. The van der Waals surface area contributed by atoms with E-state index in [1.807, 2.05) is 0 Å². The van der Waals surface area contributed by atoms with E-state index in [9.17, 15) is 0 Å². The summed E-state index contributed by atoms with van der Waals surface area (Å²) in [5.41, 5.74) is 1.31. The summed E-state index contributed by atoms with van der Waals surface area (Å²) < 4.78 is 2.26. The number of hydrogen-bond acceptors (Lipinski definition) is 1. The van der Waals surface area contributed by atoms with Gasteiger partial charge in [0, 0.05) is 11.5 Å². The molecule has 0 bridgehead atoms. The van der Waals surface area contributed by atoms with Crippen molar-refractivity contribution in [3.63, 3.8) is 0 Å². The molecule has 0 N–H and O–H groups in total. The lowest BCUT2D eigenvalue weighted by Gasteiger charge is -2.22. The summed E-state index contributed by atoms with van der Waals surface area (Å²) in [7, 11) is 0. The normalized spacial score (nSPS) is 23.2. The van der Waals surface area contributed by atoms with Gasteiger partial charge in [-0.05, 0) is 37.2 Å². The van der Waals surface area contributed by atoms with E-state index < -0.39 is 0 Å². The fraction of sp³-hybridized carbons (Fsp3) is 0.824. The monoisotopic (exact) mass is 338 g/mol. The first-order chi connectivity index (χ1) is 9.86. The van der Waals surface area contributed by atoms with Crippen LogP contribution in [-0.2, 0) is 6.42 Å². The van der Waals surface area contributed by atoms with Crippen molar-refractivity contribution in [1.82, 2.24) is 9.78 Å². The zero-order valence-electron chi connectivity index (χ0n) is 12.4. The molecule has 1 atom stereocenters. The number of nitrogens with zero attached hydrogens (tertiary/aromatic N) is 2. The molecule has 2 saturated carbocycles. The number of aromatic nitrogens is 2. The van der Waals surface area contributed by atoms with Crippen LogP contribution in [0.25, 0.3) is 0 Å². The first-order valence-electron chi connectivity index (χ1n) is 8.47. The third-order valence-corrected chi connectivity index (χ3v) is 6.18. The number of hydrogen-bond donors (Lipinski definition) is 0. The smallest absolute Gasteiger partial charge is 0.0627 e. The molecule has 2 fully saturated rings. The maximum absolute atomic E-state index is 4.89. The zero-order chi connectivity index (χ0) is 13.8. The van der Waals surface area contributed by atoms with Crippen LogP contribution in [0, 0.1) is 11.8 Å². The van der Waals surface area contributed by atoms with Gasteiger partial charge >= 0.3 is 0 Å². The second kappa shape index (κ2) is 7.11. The van der Waals surface area contributed by atoms with Gasteiger partial charge in [-0.1, -0.05) is 60.9 Å². The Morgan fingerprint density at radius 2 is 1.80 bits per heavy atom. The molecule has 20 heavy (non-hydrogen) atoms. The molecule has 2 nitrogen and oxygen atoms in total. The van der Waals surface area contributed by atoms with E-state index in [0.717, 1.165) is 23.6 Å². The molecule has 3 rings (SSSR count). The van der Waals surface area contributed by atoms with Crippen molar-refractivity contribution < 1.29 is 0 Å². The molecule has 112 valence electrons. The first-order valence-corrected chi connectivity index (χ1v) is 9.59. The molecule has 0 saturated heterocycles. The molecule has 1 unspecified atom stereocenters. The Morgan fingerprint density at radius 3 is 2.50 bits per heavy atom. The molecular formula is C17H27BrN2. The van der Waals surface area contributed by atoms with E-state index in [2.05, 4.69) is 32.9 Å². The topological polar surface area (TPSA) is 17.8 Å². The summed E-state index contributed by atoms with van der Waals surface area (Å²) in [5, 5.41) is 6.02. The lowest BCUT2D eigenvalue weighted by atomic mass is 9.89. The summed E-state index contributed by atoms with van der Waals surface area (Å²) in [6.07, 6.45) is 15.9. The Hall–Kier alpha value is -0.310. The highest BCUT2D eigenvalue weighted by Gasteiger charge is 2.25. The van der Waals surface area contributed by atoms with Gasteiger partial charge in [0.1, 0.15) is 0 Å². The zero-order valence-corrected chi connectivity index (χ0v) is 14.0. The van der Waals surface area contributed by atoms with E-state index in [0.29, 0.717) is 6.04 Å². The summed E-state index contributed by atoms with van der Waals surface area (Å²) in [6.45, 7) is 0. The van der Waals surface area contributed by atoms with E-state index in [4.69, 9.17) is 5.10 Å². The van der Waals surface area contributed by atoms with Crippen LogP contribution < -0.4 is 0 Å². The van der Waals surface area contributed by atoms with Crippen molar-refractivity contribution in [2.75, 3.05) is 5.33 Å². The van der Waals surface area contributed by atoms with Gasteiger partial charge in [0.05, 0.1) is 11.7 Å². The van der Waals surface area contributed by atoms with Gasteiger partial charge in [-0.2, -0.15) is 5.10 Å². The van der Waals surface area contributed by atoms with Gasteiger partial charge in [0.15, 0.2) is 0 Å². The van der Waals surface area contributed by atoms with Crippen LogP contribution in [-0.4, -0.2) is 15.1 Å². The summed E-state index contributed by atoms with van der Waals surface area (Å²) in [4.78, 5) is 0. The van der Waals surface area contributed by atoms with Gasteiger partial charge in [-0.25, -0.2) is 0 Å². The Kier molecular flexibility index (Phi) is 5.19. The first kappa shape index (κ1) is 14.6. The lowest BCUT2D eigenvalue weighted by Crippen LogP contribution is -2.17. The minimum atomic E-state index is 0.673. The van der Waals surface area contributed by atoms with Crippen LogP contribution in [0.4, 0.5) is 0 Å². The average molecular weight is 339 g/mol. The molecule has 1 heterocycles. The van der Waals surface area contributed by atoms with E-state index in [1.54, 1.807) is 0 Å². The third-order valence-electron chi connectivity index (χ3n) is 5.35.